The van der Waals surface area contributed by atoms with Gasteiger partial charge in [0.25, 0.3) is 0 Å². The van der Waals surface area contributed by atoms with Gasteiger partial charge >= 0.3 is 0 Å². The Morgan fingerprint density at radius 3 is 2.64 bits per heavy atom. The molecule has 8 nitrogen and oxygen atoms in total. The van der Waals surface area contributed by atoms with Crippen LogP contribution in [0.1, 0.15) is 55.7 Å². The summed E-state index contributed by atoms with van der Waals surface area (Å²) < 4.78 is 1.94. The van der Waals surface area contributed by atoms with E-state index in [-0.39, 0.29) is 18.0 Å². The van der Waals surface area contributed by atoms with E-state index in [0.717, 1.165) is 25.3 Å². The van der Waals surface area contributed by atoms with Gasteiger partial charge in [0.2, 0.25) is 11.9 Å². The summed E-state index contributed by atoms with van der Waals surface area (Å²) in [6.07, 6.45) is 10.9. The van der Waals surface area contributed by atoms with Crippen molar-refractivity contribution >= 4 is 17.7 Å². The second kappa shape index (κ2) is 11.1. The van der Waals surface area contributed by atoms with Crippen molar-refractivity contribution in [2.45, 2.75) is 57.2 Å². The van der Waals surface area contributed by atoms with E-state index in [1.807, 2.05) is 42.2 Å². The minimum absolute atomic E-state index is 0.0304. The molecule has 3 N–H and O–H groups in total. The van der Waals surface area contributed by atoms with Crippen LogP contribution in [0.5, 0.6) is 0 Å². The van der Waals surface area contributed by atoms with Crippen LogP contribution in [-0.2, 0) is 11.3 Å². The van der Waals surface area contributed by atoms with Gasteiger partial charge < -0.3 is 20.5 Å². The standard InChI is InChI=1S/C28H37N7O/c1-29-28-32-25(17-26(33-28)35-14-8-9-15-35)30-23(16-20-10-4-3-5-11-20)27(36)31-24-19-34(2)18-21-12-6-7-13-22(21)24/h6-9,12-15,17,20,23-24H,3-5,10-11,16,18-19H2,1-2H3,(H,31,36)(H2,29,30,32,33)/t23-,24-/m1/s1. The Balaban J connectivity index is 1.39. The molecule has 1 fully saturated rings. The first kappa shape index (κ1) is 24.3. The highest BCUT2D eigenvalue weighted by molar-refractivity contribution is 5.85. The third-order valence-corrected chi connectivity index (χ3v) is 7.42. The van der Waals surface area contributed by atoms with E-state index in [2.05, 4.69) is 62.1 Å². The Morgan fingerprint density at radius 2 is 1.86 bits per heavy atom. The molecule has 2 aromatic heterocycles. The predicted molar refractivity (Wildman–Crippen MR) is 143 cm³/mol. The van der Waals surface area contributed by atoms with Crippen LogP contribution in [0, 0.1) is 5.92 Å². The topological polar surface area (TPSA) is 87.1 Å². The number of aromatic nitrogens is 3. The lowest BCUT2D eigenvalue weighted by atomic mass is 9.84. The van der Waals surface area contributed by atoms with Crippen LogP contribution in [0.25, 0.3) is 5.82 Å². The molecule has 1 saturated carbocycles. The van der Waals surface area contributed by atoms with E-state index < -0.39 is 0 Å². The van der Waals surface area contributed by atoms with Gasteiger partial charge in [0, 0.05) is 38.6 Å². The molecule has 3 aromatic rings. The number of nitrogens with zero attached hydrogens (tertiary/aromatic N) is 4. The fraction of sp³-hybridized carbons (Fsp3) is 0.464. The Morgan fingerprint density at radius 1 is 1.08 bits per heavy atom. The lowest BCUT2D eigenvalue weighted by Crippen LogP contribution is -2.46. The first-order chi connectivity index (χ1) is 17.6. The van der Waals surface area contributed by atoms with E-state index in [4.69, 9.17) is 0 Å². The molecule has 5 rings (SSSR count). The van der Waals surface area contributed by atoms with E-state index in [1.54, 1.807) is 0 Å². The van der Waals surface area contributed by atoms with Gasteiger partial charge in [-0.1, -0.05) is 56.4 Å². The number of fused-ring (bicyclic) bond motifs is 1. The molecule has 36 heavy (non-hydrogen) atoms. The van der Waals surface area contributed by atoms with Crippen molar-refractivity contribution in [3.05, 3.63) is 66.0 Å². The zero-order valence-electron chi connectivity index (χ0n) is 21.3. The normalized spacial score (nSPS) is 19.3. The van der Waals surface area contributed by atoms with Crippen molar-refractivity contribution in [2.24, 2.45) is 5.92 Å². The molecule has 1 amide bonds. The summed E-state index contributed by atoms with van der Waals surface area (Å²) in [6, 6.07) is 13.9. The van der Waals surface area contributed by atoms with Gasteiger partial charge in [0.15, 0.2) is 0 Å². The van der Waals surface area contributed by atoms with Gasteiger partial charge in [-0.15, -0.1) is 0 Å². The fourth-order valence-electron chi connectivity index (χ4n) is 5.59. The quantitative estimate of drug-likeness (QED) is 0.438. The first-order valence-electron chi connectivity index (χ1n) is 13.1. The van der Waals surface area contributed by atoms with Crippen LogP contribution >= 0.6 is 0 Å². The fourth-order valence-corrected chi connectivity index (χ4v) is 5.59. The number of hydrogen-bond acceptors (Lipinski definition) is 6. The molecule has 3 heterocycles. The van der Waals surface area contributed by atoms with Crippen molar-refractivity contribution in [3.63, 3.8) is 0 Å². The summed E-state index contributed by atoms with van der Waals surface area (Å²) >= 11 is 0. The molecular weight excluding hydrogens is 450 g/mol. The summed E-state index contributed by atoms with van der Waals surface area (Å²) in [5, 5.41) is 9.93. The molecule has 8 heteroatoms. The second-order valence-corrected chi connectivity index (χ2v) is 10.2. The van der Waals surface area contributed by atoms with Crippen molar-refractivity contribution in [2.75, 3.05) is 31.3 Å². The van der Waals surface area contributed by atoms with Crippen molar-refractivity contribution < 1.29 is 4.79 Å². The molecule has 0 spiro atoms. The number of carbonyl (C=O) groups excluding carboxylic acids is 1. The van der Waals surface area contributed by atoms with Gasteiger partial charge in [0.1, 0.15) is 17.7 Å². The molecule has 2 aliphatic rings. The van der Waals surface area contributed by atoms with Gasteiger partial charge in [-0.25, -0.2) is 0 Å². The average Bonchev–Trinajstić information content (AvgIpc) is 3.44. The van der Waals surface area contributed by atoms with Crippen molar-refractivity contribution in [3.8, 4) is 5.82 Å². The Kier molecular flexibility index (Phi) is 7.51. The van der Waals surface area contributed by atoms with Crippen molar-refractivity contribution in [1.82, 2.24) is 24.8 Å². The molecule has 0 radical (unpaired) electrons. The van der Waals surface area contributed by atoms with Crippen molar-refractivity contribution in [1.29, 1.82) is 0 Å². The third-order valence-electron chi connectivity index (χ3n) is 7.42. The Hall–Kier alpha value is -3.39. The Bertz CT molecular complexity index is 1160. The highest BCUT2D eigenvalue weighted by atomic mass is 16.2. The molecular formula is C28H37N7O. The zero-order valence-corrected chi connectivity index (χ0v) is 21.3. The van der Waals surface area contributed by atoms with E-state index in [1.165, 1.54) is 43.2 Å². The number of likely N-dealkylation sites (N-methyl/N-ethyl adjacent to an activating group) is 1. The lowest BCUT2D eigenvalue weighted by Gasteiger charge is -2.34. The van der Waals surface area contributed by atoms with Crippen LogP contribution < -0.4 is 16.0 Å². The van der Waals surface area contributed by atoms with Crippen LogP contribution in [0.15, 0.2) is 54.9 Å². The highest BCUT2D eigenvalue weighted by Crippen LogP contribution is 2.30. The molecule has 190 valence electrons. The molecule has 0 bridgehead atoms. The smallest absolute Gasteiger partial charge is 0.243 e. The summed E-state index contributed by atoms with van der Waals surface area (Å²) in [5.74, 6) is 2.49. The number of carbonyl (C=O) groups is 1. The van der Waals surface area contributed by atoms with Crippen LogP contribution in [0.4, 0.5) is 11.8 Å². The molecule has 2 atom stereocenters. The second-order valence-electron chi connectivity index (χ2n) is 10.2. The van der Waals surface area contributed by atoms with E-state index in [9.17, 15) is 4.79 Å². The monoisotopic (exact) mass is 487 g/mol. The van der Waals surface area contributed by atoms with Gasteiger partial charge in [-0.05, 0) is 42.6 Å². The summed E-state index contributed by atoms with van der Waals surface area (Å²) in [5.41, 5.74) is 2.49. The number of hydrogen-bond donors (Lipinski definition) is 3. The summed E-state index contributed by atoms with van der Waals surface area (Å²) in [6.45, 7) is 1.70. The minimum atomic E-state index is -0.371. The Labute approximate surface area is 213 Å². The first-order valence-corrected chi connectivity index (χ1v) is 13.1. The average molecular weight is 488 g/mol. The third kappa shape index (κ3) is 5.70. The van der Waals surface area contributed by atoms with Gasteiger partial charge in [-0.3, -0.25) is 9.69 Å². The number of nitrogens with one attached hydrogen (secondary N) is 3. The molecule has 1 aromatic carbocycles. The number of amides is 1. The maximum absolute atomic E-state index is 13.8. The van der Waals surface area contributed by atoms with E-state index in [0.29, 0.717) is 17.7 Å². The molecule has 1 aliphatic carbocycles. The van der Waals surface area contributed by atoms with Crippen LogP contribution in [0.3, 0.4) is 0 Å². The summed E-state index contributed by atoms with van der Waals surface area (Å²) in [7, 11) is 3.91. The number of benzene rings is 1. The van der Waals surface area contributed by atoms with Gasteiger partial charge in [0.05, 0.1) is 6.04 Å². The van der Waals surface area contributed by atoms with Crippen LogP contribution in [-0.4, -0.2) is 52.0 Å². The molecule has 1 aliphatic heterocycles. The minimum Gasteiger partial charge on any atom is -0.358 e. The zero-order chi connectivity index (χ0) is 24.9. The van der Waals surface area contributed by atoms with Gasteiger partial charge in [-0.2, -0.15) is 9.97 Å². The predicted octanol–water partition coefficient (Wildman–Crippen LogP) is 4.36. The largest absolute Gasteiger partial charge is 0.358 e. The van der Waals surface area contributed by atoms with Crippen LogP contribution in [0.2, 0.25) is 0 Å². The number of rotatable bonds is 8. The molecule has 0 saturated heterocycles. The van der Waals surface area contributed by atoms with E-state index >= 15 is 0 Å². The maximum atomic E-state index is 13.8. The number of anilines is 2. The maximum Gasteiger partial charge on any atom is 0.243 e. The summed E-state index contributed by atoms with van der Waals surface area (Å²) in [4.78, 5) is 25.3. The molecule has 0 unspecified atom stereocenters. The lowest BCUT2D eigenvalue weighted by molar-refractivity contribution is -0.123. The highest BCUT2D eigenvalue weighted by Gasteiger charge is 2.30. The SMILES string of the molecule is CNc1nc(N[C@H](CC2CCCCC2)C(=O)N[C@@H]2CN(C)Cc3ccccc32)cc(-n2cccc2)n1.